The van der Waals surface area contributed by atoms with Crippen LogP contribution in [0.25, 0.3) is 0 Å². The van der Waals surface area contributed by atoms with Gasteiger partial charge in [-0.25, -0.2) is 8.42 Å². The molecule has 0 aliphatic carbocycles. The van der Waals surface area contributed by atoms with Gasteiger partial charge in [0.25, 0.3) is 5.91 Å². The third-order valence-electron chi connectivity index (χ3n) is 5.27. The van der Waals surface area contributed by atoms with Gasteiger partial charge in [-0.3, -0.25) is 4.79 Å². The number of thioether (sulfide) groups is 1. The average Bonchev–Trinajstić information content (AvgIpc) is 3.18. The highest BCUT2D eigenvalue weighted by Gasteiger charge is 2.51. The quantitative estimate of drug-likeness (QED) is 0.661. The Balaban J connectivity index is 1.69. The SMILES string of the molecule is COc1ccc(CC(=O)N=C2S[C@@H]3CS(=O)(=O)C[C@H]3N2c2ccccc2C(F)(F)F)cc1. The Labute approximate surface area is 187 Å². The second kappa shape index (κ2) is 8.43. The summed E-state index contributed by atoms with van der Waals surface area (Å²) in [5.74, 6) is -0.362. The molecule has 6 nitrogen and oxygen atoms in total. The first-order chi connectivity index (χ1) is 15.1. The summed E-state index contributed by atoms with van der Waals surface area (Å²) in [4.78, 5) is 18.0. The summed E-state index contributed by atoms with van der Waals surface area (Å²) in [6.45, 7) is 0. The van der Waals surface area contributed by atoms with E-state index in [0.29, 0.717) is 11.3 Å². The summed E-state index contributed by atoms with van der Waals surface area (Å²) < 4.78 is 70.4. The maximum atomic E-state index is 13.7. The molecule has 2 aliphatic heterocycles. The van der Waals surface area contributed by atoms with E-state index in [1.807, 2.05) is 0 Å². The number of fused-ring (bicyclic) bond motifs is 1. The molecule has 0 spiro atoms. The lowest BCUT2D eigenvalue weighted by Gasteiger charge is -2.27. The summed E-state index contributed by atoms with van der Waals surface area (Å²) in [7, 11) is -1.88. The Morgan fingerprint density at radius 2 is 1.84 bits per heavy atom. The maximum absolute atomic E-state index is 13.7. The Hall–Kier alpha value is -2.53. The highest BCUT2D eigenvalue weighted by molar-refractivity contribution is 8.16. The minimum Gasteiger partial charge on any atom is -0.497 e. The lowest BCUT2D eigenvalue weighted by molar-refractivity contribution is -0.137. The van der Waals surface area contributed by atoms with Crippen LogP contribution in [-0.4, -0.2) is 49.4 Å². The molecule has 2 aromatic rings. The van der Waals surface area contributed by atoms with Crippen molar-refractivity contribution in [2.75, 3.05) is 23.5 Å². The Bertz CT molecular complexity index is 1160. The molecule has 0 aromatic heterocycles. The van der Waals surface area contributed by atoms with Gasteiger partial charge < -0.3 is 9.64 Å². The molecule has 32 heavy (non-hydrogen) atoms. The number of methoxy groups -OCH3 is 1. The second-order valence-corrected chi connectivity index (χ2v) is 10.9. The van der Waals surface area contributed by atoms with Crippen molar-refractivity contribution in [3.8, 4) is 5.75 Å². The maximum Gasteiger partial charge on any atom is 0.418 e. The van der Waals surface area contributed by atoms with Crippen molar-refractivity contribution < 1.29 is 31.1 Å². The van der Waals surface area contributed by atoms with Crippen LogP contribution in [0.1, 0.15) is 11.1 Å². The molecule has 0 radical (unpaired) electrons. The van der Waals surface area contributed by atoms with Gasteiger partial charge >= 0.3 is 6.18 Å². The second-order valence-electron chi connectivity index (χ2n) is 7.50. The van der Waals surface area contributed by atoms with Crippen molar-refractivity contribution in [3.63, 3.8) is 0 Å². The molecular weight excluding hydrogens is 465 g/mol. The number of nitrogens with zero attached hydrogens (tertiary/aromatic N) is 2. The van der Waals surface area contributed by atoms with E-state index in [0.717, 1.165) is 17.8 Å². The number of hydrogen-bond donors (Lipinski definition) is 0. The van der Waals surface area contributed by atoms with E-state index < -0.39 is 38.8 Å². The number of aliphatic imine (C=N–C) groups is 1. The minimum absolute atomic E-state index is 0.0452. The number of para-hydroxylation sites is 1. The fraction of sp³-hybridized carbons (Fsp3) is 0.333. The molecule has 2 aliphatic rings. The zero-order valence-corrected chi connectivity index (χ0v) is 18.5. The molecule has 2 saturated heterocycles. The van der Waals surface area contributed by atoms with Gasteiger partial charge in [0.1, 0.15) is 5.75 Å². The smallest absolute Gasteiger partial charge is 0.418 e. The Morgan fingerprint density at radius 1 is 1.16 bits per heavy atom. The van der Waals surface area contributed by atoms with Gasteiger partial charge in [-0.2, -0.15) is 18.2 Å². The highest BCUT2D eigenvalue weighted by atomic mass is 32.2. The third kappa shape index (κ3) is 4.63. The number of amides is 1. The van der Waals surface area contributed by atoms with Crippen molar-refractivity contribution in [1.82, 2.24) is 0 Å². The first kappa shape index (κ1) is 22.7. The minimum atomic E-state index is -4.64. The van der Waals surface area contributed by atoms with E-state index in [-0.39, 0.29) is 28.8 Å². The molecule has 2 fully saturated rings. The van der Waals surface area contributed by atoms with Gasteiger partial charge in [0.2, 0.25) is 0 Å². The van der Waals surface area contributed by atoms with Crippen LogP contribution < -0.4 is 9.64 Å². The number of carbonyl (C=O) groups excluding carboxylic acids is 1. The van der Waals surface area contributed by atoms with Crippen molar-refractivity contribution >= 4 is 38.4 Å². The van der Waals surface area contributed by atoms with E-state index in [4.69, 9.17) is 4.74 Å². The molecule has 1 amide bonds. The molecule has 2 aromatic carbocycles. The average molecular weight is 485 g/mol. The monoisotopic (exact) mass is 484 g/mol. The van der Waals surface area contributed by atoms with Gasteiger partial charge in [-0.15, -0.1) is 0 Å². The molecule has 170 valence electrons. The number of sulfone groups is 1. The predicted octanol–water partition coefficient (Wildman–Crippen LogP) is 3.56. The number of ether oxygens (including phenoxy) is 1. The number of carbonyl (C=O) groups is 1. The molecule has 0 bridgehead atoms. The van der Waals surface area contributed by atoms with E-state index in [2.05, 4.69) is 4.99 Å². The third-order valence-corrected chi connectivity index (χ3v) is 8.48. The number of hydrogen-bond acceptors (Lipinski definition) is 5. The number of rotatable bonds is 4. The first-order valence-corrected chi connectivity index (χ1v) is 12.3. The highest BCUT2D eigenvalue weighted by Crippen LogP contribution is 2.45. The molecule has 0 N–H and O–H groups in total. The van der Waals surface area contributed by atoms with Crippen LogP contribution in [0, 0.1) is 0 Å². The van der Waals surface area contributed by atoms with Crippen molar-refractivity contribution in [1.29, 1.82) is 0 Å². The number of amidine groups is 1. The van der Waals surface area contributed by atoms with Crippen LogP contribution in [0.4, 0.5) is 18.9 Å². The summed E-state index contributed by atoms with van der Waals surface area (Å²) in [6.07, 6.45) is -4.69. The van der Waals surface area contributed by atoms with Gasteiger partial charge in [0.15, 0.2) is 15.0 Å². The molecule has 2 heterocycles. The van der Waals surface area contributed by atoms with E-state index >= 15 is 0 Å². The first-order valence-electron chi connectivity index (χ1n) is 9.64. The zero-order valence-electron chi connectivity index (χ0n) is 16.9. The van der Waals surface area contributed by atoms with Crippen LogP contribution in [0.15, 0.2) is 53.5 Å². The van der Waals surface area contributed by atoms with Gasteiger partial charge in [-0.05, 0) is 29.8 Å². The summed E-state index contributed by atoms with van der Waals surface area (Å²) in [6, 6.07) is 11.0. The molecule has 0 unspecified atom stereocenters. The number of alkyl halides is 3. The van der Waals surface area contributed by atoms with Gasteiger partial charge in [0, 0.05) is 5.25 Å². The van der Waals surface area contributed by atoms with Crippen LogP contribution in [0.2, 0.25) is 0 Å². The van der Waals surface area contributed by atoms with E-state index in [1.54, 1.807) is 24.3 Å². The molecule has 2 atom stereocenters. The topological polar surface area (TPSA) is 76.0 Å². The summed E-state index contributed by atoms with van der Waals surface area (Å²) in [5.41, 5.74) is -0.429. The van der Waals surface area contributed by atoms with Crippen LogP contribution in [0.5, 0.6) is 5.75 Å². The lowest BCUT2D eigenvalue weighted by atomic mass is 10.1. The standard InChI is InChI=1S/C21H19F3N2O4S2/c1-30-14-8-6-13(7-9-14)10-19(27)25-20-26(17-11-32(28,29)12-18(17)31-20)16-5-3-2-4-15(16)21(22,23)24/h2-9,17-18H,10-12H2,1H3/t17-,18-/m1/s1. The lowest BCUT2D eigenvalue weighted by Crippen LogP contribution is -2.39. The molecular formula is C21H19F3N2O4S2. The zero-order chi connectivity index (χ0) is 23.1. The van der Waals surface area contributed by atoms with Gasteiger partial charge in [0.05, 0.1) is 42.3 Å². The number of benzene rings is 2. The van der Waals surface area contributed by atoms with Crippen molar-refractivity contribution in [2.45, 2.75) is 23.9 Å². The van der Waals surface area contributed by atoms with E-state index in [9.17, 15) is 26.4 Å². The van der Waals surface area contributed by atoms with E-state index in [1.165, 1.54) is 30.2 Å². The van der Waals surface area contributed by atoms with Crippen molar-refractivity contribution in [3.05, 3.63) is 59.7 Å². The van der Waals surface area contributed by atoms with Gasteiger partial charge in [-0.1, -0.05) is 36.0 Å². The molecule has 4 rings (SSSR count). The Kier molecular flexibility index (Phi) is 5.97. The fourth-order valence-electron chi connectivity index (χ4n) is 3.83. The summed E-state index contributed by atoms with van der Waals surface area (Å²) >= 11 is 1.04. The van der Waals surface area contributed by atoms with Crippen LogP contribution >= 0.6 is 11.8 Å². The Morgan fingerprint density at radius 3 is 2.50 bits per heavy atom. The predicted molar refractivity (Wildman–Crippen MR) is 117 cm³/mol. The molecule has 0 saturated carbocycles. The normalized spacial score (nSPS) is 23.4. The summed E-state index contributed by atoms with van der Waals surface area (Å²) in [5, 5.41) is -0.404. The van der Waals surface area contributed by atoms with Crippen LogP contribution in [-0.2, 0) is 27.2 Å². The number of anilines is 1. The number of halogens is 3. The van der Waals surface area contributed by atoms with Crippen molar-refractivity contribution in [2.24, 2.45) is 4.99 Å². The largest absolute Gasteiger partial charge is 0.497 e. The fourth-order valence-corrected chi connectivity index (χ4v) is 7.76. The molecule has 11 heteroatoms. The van der Waals surface area contributed by atoms with Crippen LogP contribution in [0.3, 0.4) is 0 Å².